The molecule has 0 atom stereocenters. The van der Waals surface area contributed by atoms with Crippen LogP contribution in [0.4, 0.5) is 0 Å². The third-order valence-electron chi connectivity index (χ3n) is 1.77. The van der Waals surface area contributed by atoms with Crippen LogP contribution < -0.4 is 0 Å². The molecule has 0 N–H and O–H groups in total. The number of rotatable bonds is 5. The average molecular weight is 214 g/mol. The minimum Gasteiger partial charge on any atom is -0.224 e. The van der Waals surface area contributed by atoms with Crippen LogP contribution in [0.1, 0.15) is 27.2 Å². The third-order valence-corrected chi connectivity index (χ3v) is 3.63. The molecule has 0 saturated heterocycles. The van der Waals surface area contributed by atoms with E-state index in [1.54, 1.807) is 24.3 Å². The van der Waals surface area contributed by atoms with Crippen molar-refractivity contribution >= 4 is 9.84 Å². The van der Waals surface area contributed by atoms with Gasteiger partial charge >= 0.3 is 0 Å². The summed E-state index contributed by atoms with van der Waals surface area (Å²) >= 11 is 0. The van der Waals surface area contributed by atoms with Crippen molar-refractivity contribution < 1.29 is 8.42 Å². The first-order chi connectivity index (χ1) is 6.58. The predicted octanol–water partition coefficient (Wildman–Crippen LogP) is 2.85. The van der Waals surface area contributed by atoms with Gasteiger partial charge in [-0.05, 0) is 26.3 Å². The molecule has 0 aliphatic carbocycles. The van der Waals surface area contributed by atoms with E-state index in [4.69, 9.17) is 0 Å². The van der Waals surface area contributed by atoms with E-state index >= 15 is 0 Å². The lowest BCUT2D eigenvalue weighted by molar-refractivity contribution is 0.603. The van der Waals surface area contributed by atoms with E-state index < -0.39 is 9.84 Å². The van der Waals surface area contributed by atoms with Gasteiger partial charge in [0.25, 0.3) is 0 Å². The number of hydrogen-bond donors (Lipinski definition) is 0. The lowest BCUT2D eigenvalue weighted by Crippen LogP contribution is -2.06. The first kappa shape index (κ1) is 13.2. The topological polar surface area (TPSA) is 34.1 Å². The summed E-state index contributed by atoms with van der Waals surface area (Å²) in [6.45, 7) is 5.53. The molecule has 0 saturated carbocycles. The van der Waals surface area contributed by atoms with Gasteiger partial charge in [0.2, 0.25) is 0 Å². The second-order valence-corrected chi connectivity index (χ2v) is 4.95. The summed E-state index contributed by atoms with van der Waals surface area (Å²) in [5, 5.41) is 0. The molecule has 14 heavy (non-hydrogen) atoms. The molecule has 0 aromatic heterocycles. The smallest absolute Gasteiger partial charge is 0.178 e. The summed E-state index contributed by atoms with van der Waals surface area (Å²) in [4.78, 5) is 0.494. The molecule has 0 aliphatic heterocycles. The Morgan fingerprint density at radius 3 is 2.29 bits per heavy atom. The van der Waals surface area contributed by atoms with Crippen LogP contribution >= 0.6 is 0 Å². The highest BCUT2D eigenvalue weighted by Gasteiger charge is 2.12. The Labute approximate surface area is 86.9 Å². The van der Waals surface area contributed by atoms with Crippen LogP contribution in [0.5, 0.6) is 0 Å². The summed E-state index contributed by atoms with van der Waals surface area (Å²) in [5.41, 5.74) is 0. The summed E-state index contributed by atoms with van der Waals surface area (Å²) in [6, 6.07) is 0. The van der Waals surface area contributed by atoms with Gasteiger partial charge in [0.05, 0.1) is 5.75 Å². The lowest BCUT2D eigenvalue weighted by Gasteiger charge is -2.02. The number of hydrogen-bond acceptors (Lipinski definition) is 2. The molecule has 0 spiro atoms. The van der Waals surface area contributed by atoms with Crippen LogP contribution in [0.3, 0.4) is 0 Å². The SMILES string of the molecule is CC=C/C=C(\CC)S(=O)(=O)C/C=C\C. The molecule has 0 amide bonds. The second-order valence-electron chi connectivity index (χ2n) is 2.86. The van der Waals surface area contributed by atoms with Crippen LogP contribution in [-0.2, 0) is 9.84 Å². The Balaban J connectivity index is 4.84. The van der Waals surface area contributed by atoms with E-state index in [0.29, 0.717) is 11.3 Å². The fourth-order valence-electron chi connectivity index (χ4n) is 0.975. The first-order valence-electron chi connectivity index (χ1n) is 4.74. The quantitative estimate of drug-likeness (QED) is 0.521. The molecule has 0 unspecified atom stereocenters. The molecule has 0 radical (unpaired) electrons. The van der Waals surface area contributed by atoms with Gasteiger partial charge in [0, 0.05) is 4.91 Å². The van der Waals surface area contributed by atoms with Crippen molar-refractivity contribution in [2.45, 2.75) is 27.2 Å². The summed E-state index contributed by atoms with van der Waals surface area (Å²) in [7, 11) is -3.08. The molecular weight excluding hydrogens is 196 g/mol. The van der Waals surface area contributed by atoms with E-state index in [0.717, 1.165) is 0 Å². The van der Waals surface area contributed by atoms with Gasteiger partial charge in [-0.15, -0.1) is 0 Å². The number of allylic oxidation sites excluding steroid dienone is 5. The van der Waals surface area contributed by atoms with Crippen LogP contribution in [0.2, 0.25) is 0 Å². The van der Waals surface area contributed by atoms with Crippen LogP contribution in [0.25, 0.3) is 0 Å². The van der Waals surface area contributed by atoms with Crippen molar-refractivity contribution in [3.05, 3.63) is 35.3 Å². The van der Waals surface area contributed by atoms with Crippen molar-refractivity contribution in [1.82, 2.24) is 0 Å². The molecule has 0 heterocycles. The molecule has 3 heteroatoms. The van der Waals surface area contributed by atoms with Gasteiger partial charge < -0.3 is 0 Å². The molecule has 80 valence electrons. The third kappa shape index (κ3) is 4.42. The Hall–Kier alpha value is -0.830. The van der Waals surface area contributed by atoms with Crippen LogP contribution in [0.15, 0.2) is 35.3 Å². The zero-order valence-corrected chi connectivity index (χ0v) is 9.84. The van der Waals surface area contributed by atoms with Gasteiger partial charge in [0.1, 0.15) is 0 Å². The maximum Gasteiger partial charge on any atom is 0.178 e. The Morgan fingerprint density at radius 2 is 1.86 bits per heavy atom. The number of sulfone groups is 1. The molecule has 0 fully saturated rings. The normalized spacial score (nSPS) is 14.4. The van der Waals surface area contributed by atoms with E-state index in [-0.39, 0.29) is 5.75 Å². The molecule has 0 aliphatic rings. The first-order valence-corrected chi connectivity index (χ1v) is 6.39. The van der Waals surface area contributed by atoms with Gasteiger partial charge in [-0.1, -0.05) is 31.2 Å². The highest BCUT2D eigenvalue weighted by Crippen LogP contribution is 2.12. The zero-order chi connectivity index (χ0) is 11.0. The lowest BCUT2D eigenvalue weighted by atomic mass is 10.4. The molecular formula is C11H18O2S. The Morgan fingerprint density at radius 1 is 1.21 bits per heavy atom. The molecule has 0 aromatic rings. The maximum absolute atomic E-state index is 11.7. The van der Waals surface area contributed by atoms with Crippen molar-refractivity contribution in [2.75, 3.05) is 5.75 Å². The van der Waals surface area contributed by atoms with Crippen molar-refractivity contribution in [2.24, 2.45) is 0 Å². The highest BCUT2D eigenvalue weighted by atomic mass is 32.2. The largest absolute Gasteiger partial charge is 0.224 e. The van der Waals surface area contributed by atoms with E-state index in [1.807, 2.05) is 26.8 Å². The van der Waals surface area contributed by atoms with Gasteiger partial charge in [-0.25, -0.2) is 8.42 Å². The monoisotopic (exact) mass is 214 g/mol. The fraction of sp³-hybridized carbons (Fsp3) is 0.455. The minimum absolute atomic E-state index is 0.0979. The Kier molecular flexibility index (Phi) is 6.21. The van der Waals surface area contributed by atoms with E-state index in [2.05, 4.69) is 0 Å². The van der Waals surface area contributed by atoms with Gasteiger partial charge in [-0.3, -0.25) is 0 Å². The molecule has 2 nitrogen and oxygen atoms in total. The average Bonchev–Trinajstić information content (AvgIpc) is 2.16. The highest BCUT2D eigenvalue weighted by molar-refractivity contribution is 7.95. The van der Waals surface area contributed by atoms with Gasteiger partial charge in [0.15, 0.2) is 9.84 Å². The second kappa shape index (κ2) is 6.60. The van der Waals surface area contributed by atoms with Crippen molar-refractivity contribution in [3.63, 3.8) is 0 Å². The molecule has 0 aromatic carbocycles. The van der Waals surface area contributed by atoms with Crippen LogP contribution in [0, 0.1) is 0 Å². The Bertz CT molecular complexity index is 332. The summed E-state index contributed by atoms with van der Waals surface area (Å²) < 4.78 is 23.3. The van der Waals surface area contributed by atoms with Crippen molar-refractivity contribution in [1.29, 1.82) is 0 Å². The minimum atomic E-state index is -3.08. The zero-order valence-electron chi connectivity index (χ0n) is 9.03. The van der Waals surface area contributed by atoms with E-state index in [1.165, 1.54) is 0 Å². The fourth-order valence-corrected chi connectivity index (χ4v) is 2.36. The van der Waals surface area contributed by atoms with E-state index in [9.17, 15) is 8.42 Å². The van der Waals surface area contributed by atoms with Gasteiger partial charge in [-0.2, -0.15) is 0 Å². The molecule has 0 rings (SSSR count). The summed E-state index contributed by atoms with van der Waals surface area (Å²) in [5.74, 6) is 0.0979. The van der Waals surface area contributed by atoms with Crippen molar-refractivity contribution in [3.8, 4) is 0 Å². The predicted molar refractivity (Wildman–Crippen MR) is 61.8 cm³/mol. The molecule has 0 bridgehead atoms. The van der Waals surface area contributed by atoms with Crippen LogP contribution in [-0.4, -0.2) is 14.2 Å². The summed E-state index contributed by atoms with van der Waals surface area (Å²) in [6.07, 6.45) is 9.20. The standard InChI is InChI=1S/C11H18O2S/c1-4-7-9-11(6-3)14(12,13)10-8-5-2/h4-5,7-9H,6,10H2,1-3H3/b7-4?,8-5-,11-9+. The maximum atomic E-state index is 11.7.